The molecule has 0 unspecified atom stereocenters. The summed E-state index contributed by atoms with van der Waals surface area (Å²) in [6.45, 7) is 0.727. The minimum absolute atomic E-state index is 0.227. The van der Waals surface area contributed by atoms with Crippen LogP contribution in [-0.4, -0.2) is 0 Å². The Morgan fingerprint density at radius 2 is 1.71 bits per heavy atom. The van der Waals surface area contributed by atoms with Gasteiger partial charge in [0.15, 0.2) is 0 Å². The molecule has 6 heteroatoms. The molecule has 0 amide bonds. The summed E-state index contributed by atoms with van der Waals surface area (Å²) in [6.07, 6.45) is -4.68. The highest BCUT2D eigenvalue weighted by molar-refractivity contribution is 9.10. The monoisotopic (exact) mass is 361 g/mol. The zero-order chi connectivity index (χ0) is 15.5. The van der Waals surface area contributed by atoms with Crippen LogP contribution in [0.4, 0.5) is 17.6 Å². The van der Waals surface area contributed by atoms with Crippen LogP contribution >= 0.6 is 15.9 Å². The molecular weight excluding hydrogens is 350 g/mol. The Kier molecular flexibility index (Phi) is 5.00. The number of halogens is 5. The van der Waals surface area contributed by atoms with Crippen LogP contribution < -0.4 is 5.32 Å². The Hall–Kier alpha value is -1.40. The predicted octanol–water partition coefficient (Wildman–Crippen LogP) is 4.90. The van der Waals surface area contributed by atoms with E-state index in [2.05, 4.69) is 21.2 Å². The largest absolute Gasteiger partial charge is 0.419 e. The first-order chi connectivity index (χ1) is 9.88. The number of hydrogen-bond acceptors (Lipinski definition) is 1. The maximum Gasteiger partial charge on any atom is 0.419 e. The highest BCUT2D eigenvalue weighted by Gasteiger charge is 2.34. The topological polar surface area (TPSA) is 12.0 Å². The van der Waals surface area contributed by atoms with Gasteiger partial charge in [0, 0.05) is 17.6 Å². The Morgan fingerprint density at radius 3 is 2.38 bits per heavy atom. The molecule has 112 valence electrons. The Balaban J connectivity index is 2.03. The van der Waals surface area contributed by atoms with Crippen LogP contribution in [0.1, 0.15) is 16.7 Å². The Morgan fingerprint density at radius 1 is 1.00 bits per heavy atom. The number of rotatable bonds is 4. The summed E-state index contributed by atoms with van der Waals surface area (Å²) in [5.74, 6) is -1.25. The lowest BCUT2D eigenvalue weighted by Crippen LogP contribution is -2.15. The summed E-state index contributed by atoms with van der Waals surface area (Å²) in [7, 11) is 0. The molecule has 2 aromatic rings. The second-order valence-corrected chi connectivity index (χ2v) is 5.36. The second kappa shape index (κ2) is 6.58. The van der Waals surface area contributed by atoms with E-state index in [9.17, 15) is 17.6 Å². The summed E-state index contributed by atoms with van der Waals surface area (Å²) in [5, 5.41) is 3.04. The van der Waals surface area contributed by atoms with E-state index in [0.29, 0.717) is 12.1 Å². The van der Waals surface area contributed by atoms with E-state index in [-0.39, 0.29) is 6.54 Å². The average Bonchev–Trinajstić information content (AvgIpc) is 2.41. The first kappa shape index (κ1) is 16.0. The summed E-state index contributed by atoms with van der Waals surface area (Å²) in [6, 6.07) is 10.6. The van der Waals surface area contributed by atoms with Crippen LogP contribution in [0.5, 0.6) is 0 Å². The Bertz CT molecular complexity index is 625. The van der Waals surface area contributed by atoms with Crippen molar-refractivity contribution in [3.63, 3.8) is 0 Å². The van der Waals surface area contributed by atoms with E-state index in [1.807, 2.05) is 24.3 Å². The van der Waals surface area contributed by atoms with Gasteiger partial charge in [-0.15, -0.1) is 0 Å². The molecule has 2 rings (SSSR count). The van der Waals surface area contributed by atoms with E-state index in [1.54, 1.807) is 0 Å². The molecule has 0 saturated carbocycles. The summed E-state index contributed by atoms with van der Waals surface area (Å²) in [5.41, 5.74) is 0.147. The molecule has 0 radical (unpaired) electrons. The van der Waals surface area contributed by atoms with Crippen molar-refractivity contribution in [1.29, 1.82) is 0 Å². The fourth-order valence-corrected chi connectivity index (χ4v) is 2.31. The standard InChI is InChI=1S/C15H12BrF4N/c16-13-4-2-1-3-11(13)9-21-8-10-5-6-14(17)12(7-10)15(18,19)20/h1-7,21H,8-9H2. The molecule has 1 nitrogen and oxygen atoms in total. The van der Waals surface area contributed by atoms with E-state index >= 15 is 0 Å². The highest BCUT2D eigenvalue weighted by Crippen LogP contribution is 2.31. The van der Waals surface area contributed by atoms with E-state index in [0.717, 1.165) is 22.2 Å². The summed E-state index contributed by atoms with van der Waals surface area (Å²) in [4.78, 5) is 0. The van der Waals surface area contributed by atoms with Crippen LogP contribution in [0, 0.1) is 5.82 Å². The maximum absolute atomic E-state index is 13.2. The summed E-state index contributed by atoms with van der Waals surface area (Å²) >= 11 is 3.39. The van der Waals surface area contributed by atoms with Crippen molar-refractivity contribution in [3.05, 3.63) is 69.4 Å². The lowest BCUT2D eigenvalue weighted by Gasteiger charge is -2.11. The van der Waals surface area contributed by atoms with E-state index < -0.39 is 17.6 Å². The molecule has 0 heterocycles. The van der Waals surface area contributed by atoms with Crippen LogP contribution in [0.15, 0.2) is 46.9 Å². The van der Waals surface area contributed by atoms with Gasteiger partial charge in [0.25, 0.3) is 0 Å². The van der Waals surface area contributed by atoms with Gasteiger partial charge in [0.05, 0.1) is 5.56 Å². The third-order valence-corrected chi connectivity index (χ3v) is 3.71. The van der Waals surface area contributed by atoms with Crippen molar-refractivity contribution in [2.45, 2.75) is 19.3 Å². The van der Waals surface area contributed by atoms with Gasteiger partial charge in [0.1, 0.15) is 5.82 Å². The fraction of sp³-hybridized carbons (Fsp3) is 0.200. The number of benzene rings is 2. The molecule has 0 atom stereocenters. The fourth-order valence-electron chi connectivity index (χ4n) is 1.88. The Labute approximate surface area is 128 Å². The van der Waals surface area contributed by atoms with Crippen molar-refractivity contribution in [2.24, 2.45) is 0 Å². The van der Waals surface area contributed by atoms with Gasteiger partial charge in [0.2, 0.25) is 0 Å². The van der Waals surface area contributed by atoms with Gasteiger partial charge in [-0.1, -0.05) is 40.2 Å². The lowest BCUT2D eigenvalue weighted by molar-refractivity contribution is -0.140. The minimum atomic E-state index is -4.68. The van der Waals surface area contributed by atoms with Gasteiger partial charge in [-0.3, -0.25) is 0 Å². The number of alkyl halides is 3. The molecule has 0 bridgehead atoms. The van der Waals surface area contributed by atoms with Crippen LogP contribution in [0.2, 0.25) is 0 Å². The molecule has 21 heavy (non-hydrogen) atoms. The molecule has 0 aromatic heterocycles. The second-order valence-electron chi connectivity index (χ2n) is 4.51. The van der Waals surface area contributed by atoms with Gasteiger partial charge in [-0.2, -0.15) is 13.2 Å². The van der Waals surface area contributed by atoms with Gasteiger partial charge < -0.3 is 5.32 Å². The highest BCUT2D eigenvalue weighted by atomic mass is 79.9. The molecule has 0 saturated heterocycles. The number of hydrogen-bond donors (Lipinski definition) is 1. The zero-order valence-electron chi connectivity index (χ0n) is 10.8. The smallest absolute Gasteiger partial charge is 0.309 e. The molecule has 0 spiro atoms. The number of nitrogens with one attached hydrogen (secondary N) is 1. The molecule has 0 fully saturated rings. The van der Waals surface area contributed by atoms with Crippen LogP contribution in [0.3, 0.4) is 0 Å². The quantitative estimate of drug-likeness (QED) is 0.764. The van der Waals surface area contributed by atoms with Crippen molar-refractivity contribution < 1.29 is 17.6 Å². The first-order valence-electron chi connectivity index (χ1n) is 6.17. The normalized spacial score (nSPS) is 11.7. The molecular formula is C15H12BrF4N. The van der Waals surface area contributed by atoms with Gasteiger partial charge in [-0.25, -0.2) is 4.39 Å². The van der Waals surface area contributed by atoms with Crippen molar-refractivity contribution >= 4 is 15.9 Å². The summed E-state index contributed by atoms with van der Waals surface area (Å²) < 4.78 is 51.9. The average molecular weight is 362 g/mol. The van der Waals surface area contributed by atoms with Gasteiger partial charge in [-0.05, 0) is 29.3 Å². The molecule has 0 aliphatic carbocycles. The van der Waals surface area contributed by atoms with Gasteiger partial charge >= 0.3 is 6.18 Å². The molecule has 0 aliphatic rings. The lowest BCUT2D eigenvalue weighted by atomic mass is 10.1. The van der Waals surface area contributed by atoms with Crippen molar-refractivity contribution in [3.8, 4) is 0 Å². The molecule has 2 aromatic carbocycles. The predicted molar refractivity (Wildman–Crippen MR) is 76.1 cm³/mol. The third kappa shape index (κ3) is 4.28. The first-order valence-corrected chi connectivity index (χ1v) is 6.97. The van der Waals surface area contributed by atoms with E-state index in [1.165, 1.54) is 6.07 Å². The molecule has 1 N–H and O–H groups in total. The van der Waals surface area contributed by atoms with Crippen LogP contribution in [0.25, 0.3) is 0 Å². The molecule has 0 aliphatic heterocycles. The van der Waals surface area contributed by atoms with Crippen molar-refractivity contribution in [2.75, 3.05) is 0 Å². The van der Waals surface area contributed by atoms with Crippen molar-refractivity contribution in [1.82, 2.24) is 5.32 Å². The van der Waals surface area contributed by atoms with E-state index in [4.69, 9.17) is 0 Å². The minimum Gasteiger partial charge on any atom is -0.309 e. The zero-order valence-corrected chi connectivity index (χ0v) is 12.4. The van der Waals surface area contributed by atoms with Crippen LogP contribution in [-0.2, 0) is 19.3 Å². The third-order valence-electron chi connectivity index (χ3n) is 2.94. The SMILES string of the molecule is Fc1ccc(CNCc2ccccc2Br)cc1C(F)(F)F. The maximum atomic E-state index is 13.2.